The van der Waals surface area contributed by atoms with Gasteiger partial charge in [0, 0.05) is 11.6 Å². The number of hydrogen-bond acceptors (Lipinski definition) is 5. The molecule has 1 atom stereocenters. The monoisotopic (exact) mass is 388 g/mol. The van der Waals surface area contributed by atoms with E-state index in [9.17, 15) is 4.79 Å². The summed E-state index contributed by atoms with van der Waals surface area (Å²) < 4.78 is 10.8. The molecular formula is C19H14Cl2N2O3. The molecule has 0 fully saturated rings. The van der Waals surface area contributed by atoms with Crippen LogP contribution in [0.2, 0.25) is 10.0 Å². The van der Waals surface area contributed by atoms with Gasteiger partial charge in [0.2, 0.25) is 5.89 Å². The summed E-state index contributed by atoms with van der Waals surface area (Å²) in [6.07, 6.45) is 2.20. The molecule has 7 heteroatoms. The lowest BCUT2D eigenvalue weighted by Crippen LogP contribution is -2.06. The third-order valence-corrected chi connectivity index (χ3v) is 4.20. The summed E-state index contributed by atoms with van der Waals surface area (Å²) in [5.74, 6) is 0.0537. The molecule has 0 radical (unpaired) electrons. The topological polar surface area (TPSA) is 65.2 Å². The summed E-state index contributed by atoms with van der Waals surface area (Å²) in [7, 11) is 0. The largest absolute Gasteiger partial charge is 0.449 e. The zero-order valence-corrected chi connectivity index (χ0v) is 15.2. The molecule has 0 bridgehead atoms. The van der Waals surface area contributed by atoms with Crippen LogP contribution in [0.3, 0.4) is 0 Å². The third-order valence-electron chi connectivity index (χ3n) is 3.46. The van der Waals surface area contributed by atoms with Crippen molar-refractivity contribution in [1.29, 1.82) is 0 Å². The third kappa shape index (κ3) is 4.50. The molecule has 0 N–H and O–H groups in total. The van der Waals surface area contributed by atoms with Crippen molar-refractivity contribution >= 4 is 35.2 Å². The number of nitrogens with zero attached hydrogens (tertiary/aromatic N) is 2. The minimum atomic E-state index is -0.675. The van der Waals surface area contributed by atoms with E-state index in [1.807, 2.05) is 30.3 Å². The molecule has 0 unspecified atom stereocenters. The normalized spacial score (nSPS) is 12.3. The fourth-order valence-corrected chi connectivity index (χ4v) is 2.45. The van der Waals surface area contributed by atoms with Crippen molar-refractivity contribution in [3.63, 3.8) is 0 Å². The number of ether oxygens (including phenoxy) is 1. The first-order valence-corrected chi connectivity index (χ1v) is 8.51. The lowest BCUT2D eigenvalue weighted by atomic mass is 10.2. The van der Waals surface area contributed by atoms with Crippen molar-refractivity contribution in [2.75, 3.05) is 0 Å². The first-order chi connectivity index (χ1) is 12.5. The number of hydrogen-bond donors (Lipinski definition) is 0. The molecule has 0 amide bonds. The summed E-state index contributed by atoms with van der Waals surface area (Å²) in [6, 6.07) is 14.4. The quantitative estimate of drug-likeness (QED) is 0.434. The van der Waals surface area contributed by atoms with Gasteiger partial charge in [-0.2, -0.15) is 0 Å². The zero-order valence-electron chi connectivity index (χ0n) is 13.7. The molecule has 0 aliphatic carbocycles. The van der Waals surface area contributed by atoms with Gasteiger partial charge in [0.25, 0.3) is 5.89 Å². The highest BCUT2D eigenvalue weighted by Crippen LogP contribution is 2.24. The molecule has 2 aromatic carbocycles. The van der Waals surface area contributed by atoms with Gasteiger partial charge < -0.3 is 9.15 Å². The van der Waals surface area contributed by atoms with Gasteiger partial charge in [-0.05, 0) is 42.8 Å². The van der Waals surface area contributed by atoms with E-state index in [1.165, 1.54) is 6.08 Å². The predicted octanol–water partition coefficient (Wildman–Crippen LogP) is 5.36. The predicted molar refractivity (Wildman–Crippen MR) is 99.7 cm³/mol. The standard InChI is InChI=1S/C19H14Cl2N2O3/c1-12(18-22-23-19(26-18)14-5-3-2-4-6-14)25-17(24)10-8-13-7-9-15(20)16(21)11-13/h2-12H,1H3/b10-8+/t12-/m1/s1. The van der Waals surface area contributed by atoms with E-state index in [-0.39, 0.29) is 5.89 Å². The van der Waals surface area contributed by atoms with Gasteiger partial charge in [-0.1, -0.05) is 47.5 Å². The summed E-state index contributed by atoms with van der Waals surface area (Å²) in [5.41, 5.74) is 1.53. The Hall–Kier alpha value is -2.63. The number of benzene rings is 2. The lowest BCUT2D eigenvalue weighted by molar-refractivity contribution is -0.143. The Morgan fingerprint density at radius 1 is 1.12 bits per heavy atom. The average molecular weight is 389 g/mol. The summed E-state index contributed by atoms with van der Waals surface area (Å²) >= 11 is 11.8. The van der Waals surface area contributed by atoms with E-state index in [0.717, 1.165) is 11.1 Å². The van der Waals surface area contributed by atoms with E-state index >= 15 is 0 Å². The molecule has 3 rings (SSSR count). The van der Waals surface area contributed by atoms with Gasteiger partial charge in [-0.15, -0.1) is 10.2 Å². The van der Waals surface area contributed by atoms with Crippen LogP contribution in [0.15, 0.2) is 59.0 Å². The van der Waals surface area contributed by atoms with Crippen molar-refractivity contribution in [2.45, 2.75) is 13.0 Å². The summed E-state index contributed by atoms with van der Waals surface area (Å²) in [5, 5.41) is 8.77. The highest BCUT2D eigenvalue weighted by atomic mass is 35.5. The maximum Gasteiger partial charge on any atom is 0.331 e. The molecule has 5 nitrogen and oxygen atoms in total. The Labute approximate surface area is 160 Å². The molecule has 1 heterocycles. The van der Waals surface area contributed by atoms with Crippen LogP contribution in [0.1, 0.15) is 24.5 Å². The maximum absolute atomic E-state index is 12.0. The van der Waals surface area contributed by atoms with Crippen LogP contribution in [-0.4, -0.2) is 16.2 Å². The minimum Gasteiger partial charge on any atom is -0.449 e. The number of esters is 1. The average Bonchev–Trinajstić information content (AvgIpc) is 3.14. The molecule has 0 saturated heterocycles. The van der Waals surface area contributed by atoms with Crippen LogP contribution in [0.5, 0.6) is 0 Å². The number of carbonyl (C=O) groups is 1. The molecule has 0 saturated carbocycles. The Bertz CT molecular complexity index is 939. The lowest BCUT2D eigenvalue weighted by Gasteiger charge is -2.06. The highest BCUT2D eigenvalue weighted by Gasteiger charge is 2.17. The Balaban J connectivity index is 1.63. The van der Waals surface area contributed by atoms with E-state index in [2.05, 4.69) is 10.2 Å². The fourth-order valence-electron chi connectivity index (χ4n) is 2.14. The Morgan fingerprint density at radius 2 is 1.88 bits per heavy atom. The Kier molecular flexibility index (Phi) is 5.71. The fraction of sp³-hybridized carbons (Fsp3) is 0.105. The SMILES string of the molecule is C[C@@H](OC(=O)/C=C/c1ccc(Cl)c(Cl)c1)c1nnc(-c2ccccc2)o1. The maximum atomic E-state index is 12.0. The summed E-state index contributed by atoms with van der Waals surface area (Å²) in [4.78, 5) is 12.0. The number of halogens is 2. The Morgan fingerprint density at radius 3 is 2.62 bits per heavy atom. The van der Waals surface area contributed by atoms with Crippen LogP contribution in [0.4, 0.5) is 0 Å². The minimum absolute atomic E-state index is 0.222. The van der Waals surface area contributed by atoms with Crippen LogP contribution in [0.25, 0.3) is 17.5 Å². The van der Waals surface area contributed by atoms with Gasteiger partial charge in [0.05, 0.1) is 10.0 Å². The number of rotatable bonds is 5. The molecule has 3 aromatic rings. The molecule has 132 valence electrons. The van der Waals surface area contributed by atoms with Gasteiger partial charge in [-0.25, -0.2) is 4.79 Å². The first kappa shape index (κ1) is 18.2. The van der Waals surface area contributed by atoms with E-state index in [4.69, 9.17) is 32.4 Å². The van der Waals surface area contributed by atoms with Crippen molar-refractivity contribution in [3.8, 4) is 11.5 Å². The van der Waals surface area contributed by atoms with Gasteiger partial charge in [0.15, 0.2) is 6.10 Å². The number of aromatic nitrogens is 2. The van der Waals surface area contributed by atoms with Crippen LogP contribution in [-0.2, 0) is 9.53 Å². The van der Waals surface area contributed by atoms with Crippen molar-refractivity contribution in [2.24, 2.45) is 0 Å². The second-order valence-electron chi connectivity index (χ2n) is 5.40. The smallest absolute Gasteiger partial charge is 0.331 e. The second-order valence-corrected chi connectivity index (χ2v) is 6.21. The van der Waals surface area contributed by atoms with E-state index < -0.39 is 12.1 Å². The van der Waals surface area contributed by atoms with Gasteiger partial charge in [-0.3, -0.25) is 0 Å². The highest BCUT2D eigenvalue weighted by molar-refractivity contribution is 6.42. The molecule has 26 heavy (non-hydrogen) atoms. The molecule has 1 aromatic heterocycles. The molecule has 0 aliphatic rings. The molecule has 0 spiro atoms. The van der Waals surface area contributed by atoms with Gasteiger partial charge in [0.1, 0.15) is 0 Å². The van der Waals surface area contributed by atoms with Crippen LogP contribution < -0.4 is 0 Å². The first-order valence-electron chi connectivity index (χ1n) is 7.75. The van der Waals surface area contributed by atoms with E-state index in [0.29, 0.717) is 15.9 Å². The summed E-state index contributed by atoms with van der Waals surface area (Å²) in [6.45, 7) is 1.66. The number of carbonyl (C=O) groups excluding carboxylic acids is 1. The van der Waals surface area contributed by atoms with Crippen LogP contribution in [0, 0.1) is 0 Å². The van der Waals surface area contributed by atoms with Crippen molar-refractivity contribution in [3.05, 3.63) is 76.1 Å². The molecular weight excluding hydrogens is 375 g/mol. The van der Waals surface area contributed by atoms with Crippen molar-refractivity contribution in [1.82, 2.24) is 10.2 Å². The second kappa shape index (κ2) is 8.17. The van der Waals surface area contributed by atoms with Crippen molar-refractivity contribution < 1.29 is 13.9 Å². The zero-order chi connectivity index (χ0) is 18.5. The molecule has 0 aliphatic heterocycles. The van der Waals surface area contributed by atoms with Crippen LogP contribution >= 0.6 is 23.2 Å². The van der Waals surface area contributed by atoms with E-state index in [1.54, 1.807) is 31.2 Å². The van der Waals surface area contributed by atoms with Gasteiger partial charge >= 0.3 is 5.97 Å².